The molecule has 0 saturated heterocycles. The minimum Gasteiger partial charge on any atom is -0.466 e. The minimum atomic E-state index is -0.259. The fraction of sp³-hybridized carbons (Fsp3) is 0.438. The zero-order valence-electron chi connectivity index (χ0n) is 11.3. The fourth-order valence-electron chi connectivity index (χ4n) is 2.59. The standard InChI is InChI=1S/C16H20O2S/c1-12(16(17)18-2)14-10-6-7-11-15(14)19-13-8-4-3-5-9-13/h3-5,8-9,14-15H,1,6-7,10-11H2,2H3/t14-,15+/m1/s1. The summed E-state index contributed by atoms with van der Waals surface area (Å²) < 4.78 is 4.82. The third-order valence-electron chi connectivity index (χ3n) is 3.63. The first-order valence-corrected chi connectivity index (χ1v) is 7.59. The number of rotatable bonds is 4. The first-order valence-electron chi connectivity index (χ1n) is 6.71. The Kier molecular flexibility index (Phi) is 5.08. The van der Waals surface area contributed by atoms with Gasteiger partial charge in [-0.3, -0.25) is 0 Å². The first kappa shape index (κ1) is 14.2. The van der Waals surface area contributed by atoms with Crippen molar-refractivity contribution in [3.8, 4) is 0 Å². The molecule has 1 aliphatic rings. The largest absolute Gasteiger partial charge is 0.466 e. The molecule has 0 N–H and O–H groups in total. The van der Waals surface area contributed by atoms with E-state index in [1.165, 1.54) is 24.8 Å². The van der Waals surface area contributed by atoms with E-state index < -0.39 is 0 Å². The molecule has 2 nitrogen and oxygen atoms in total. The van der Waals surface area contributed by atoms with Gasteiger partial charge in [0.2, 0.25) is 0 Å². The lowest BCUT2D eigenvalue weighted by Gasteiger charge is -2.31. The van der Waals surface area contributed by atoms with Gasteiger partial charge in [0.05, 0.1) is 7.11 Å². The number of carbonyl (C=O) groups is 1. The van der Waals surface area contributed by atoms with Gasteiger partial charge >= 0.3 is 5.97 Å². The number of ether oxygens (including phenoxy) is 1. The van der Waals surface area contributed by atoms with Crippen molar-refractivity contribution < 1.29 is 9.53 Å². The van der Waals surface area contributed by atoms with Gasteiger partial charge in [-0.15, -0.1) is 11.8 Å². The number of hydrogen-bond acceptors (Lipinski definition) is 3. The maximum Gasteiger partial charge on any atom is 0.333 e. The van der Waals surface area contributed by atoms with E-state index in [9.17, 15) is 4.79 Å². The van der Waals surface area contributed by atoms with E-state index in [0.717, 1.165) is 12.8 Å². The molecule has 0 aromatic heterocycles. The Bertz CT molecular complexity index is 441. The van der Waals surface area contributed by atoms with Crippen LogP contribution in [0.2, 0.25) is 0 Å². The summed E-state index contributed by atoms with van der Waals surface area (Å²) in [6.45, 7) is 3.95. The number of benzene rings is 1. The zero-order valence-corrected chi connectivity index (χ0v) is 12.1. The van der Waals surface area contributed by atoms with E-state index in [1.54, 1.807) is 0 Å². The van der Waals surface area contributed by atoms with Gasteiger partial charge in [-0.2, -0.15) is 0 Å². The van der Waals surface area contributed by atoms with Crippen LogP contribution in [-0.4, -0.2) is 18.3 Å². The second kappa shape index (κ2) is 6.80. The maximum absolute atomic E-state index is 11.7. The van der Waals surface area contributed by atoms with Crippen molar-refractivity contribution in [1.29, 1.82) is 0 Å². The lowest BCUT2D eigenvalue weighted by Crippen LogP contribution is -2.27. The van der Waals surface area contributed by atoms with Crippen LogP contribution in [-0.2, 0) is 9.53 Å². The fourth-order valence-corrected chi connectivity index (χ4v) is 4.01. The Morgan fingerprint density at radius 3 is 2.63 bits per heavy atom. The molecule has 0 bridgehead atoms. The van der Waals surface area contributed by atoms with Gasteiger partial charge in [0.25, 0.3) is 0 Å². The Balaban J connectivity index is 2.08. The summed E-state index contributed by atoms with van der Waals surface area (Å²) in [7, 11) is 1.43. The molecule has 1 aromatic rings. The SMILES string of the molecule is C=C(C(=O)OC)[C@H]1CCCC[C@@H]1Sc1ccccc1. The summed E-state index contributed by atoms with van der Waals surface area (Å²) in [5.41, 5.74) is 0.635. The molecule has 2 rings (SSSR count). The number of esters is 1. The van der Waals surface area contributed by atoms with Gasteiger partial charge in [0, 0.05) is 21.6 Å². The van der Waals surface area contributed by atoms with Crippen molar-refractivity contribution in [3.05, 3.63) is 42.5 Å². The van der Waals surface area contributed by atoms with Crippen molar-refractivity contribution in [2.24, 2.45) is 5.92 Å². The summed E-state index contributed by atoms with van der Waals surface area (Å²) in [4.78, 5) is 12.9. The molecule has 1 aliphatic carbocycles. The summed E-state index contributed by atoms with van der Waals surface area (Å²) >= 11 is 1.86. The predicted octanol–water partition coefficient (Wildman–Crippen LogP) is 4.07. The van der Waals surface area contributed by atoms with Crippen molar-refractivity contribution in [3.63, 3.8) is 0 Å². The molecule has 0 amide bonds. The highest BCUT2D eigenvalue weighted by Crippen LogP contribution is 2.40. The molecule has 3 heteroatoms. The van der Waals surface area contributed by atoms with Crippen LogP contribution >= 0.6 is 11.8 Å². The van der Waals surface area contributed by atoms with E-state index in [2.05, 4.69) is 30.8 Å². The second-order valence-electron chi connectivity index (χ2n) is 4.88. The smallest absolute Gasteiger partial charge is 0.333 e. The van der Waals surface area contributed by atoms with Crippen molar-refractivity contribution in [1.82, 2.24) is 0 Å². The summed E-state index contributed by atoms with van der Waals surface area (Å²) in [5.74, 6) is -0.0167. The quantitative estimate of drug-likeness (QED) is 0.612. The van der Waals surface area contributed by atoms with Crippen LogP contribution in [0.4, 0.5) is 0 Å². The molecular formula is C16H20O2S. The second-order valence-corrected chi connectivity index (χ2v) is 6.19. The first-order chi connectivity index (χ1) is 9.22. The third kappa shape index (κ3) is 3.63. The molecule has 2 atom stereocenters. The molecule has 0 spiro atoms. The van der Waals surface area contributed by atoms with Crippen LogP contribution in [0.1, 0.15) is 25.7 Å². The number of hydrogen-bond donors (Lipinski definition) is 0. The van der Waals surface area contributed by atoms with Crippen LogP contribution < -0.4 is 0 Å². The topological polar surface area (TPSA) is 26.3 Å². The number of carbonyl (C=O) groups excluding carboxylic acids is 1. The Hall–Kier alpha value is -1.22. The average molecular weight is 276 g/mol. The third-order valence-corrected chi connectivity index (χ3v) is 5.04. The summed E-state index contributed by atoms with van der Waals surface area (Å²) in [6, 6.07) is 10.4. The molecule has 102 valence electrons. The molecule has 0 radical (unpaired) electrons. The van der Waals surface area contributed by atoms with Crippen molar-refractivity contribution in [2.75, 3.05) is 7.11 Å². The highest BCUT2D eigenvalue weighted by molar-refractivity contribution is 8.00. The number of thioether (sulfide) groups is 1. The lowest BCUT2D eigenvalue weighted by atomic mass is 9.84. The normalized spacial score (nSPS) is 22.8. The van der Waals surface area contributed by atoms with Gasteiger partial charge in [0.1, 0.15) is 0 Å². The molecular weight excluding hydrogens is 256 g/mol. The summed E-state index contributed by atoms with van der Waals surface area (Å²) in [6.07, 6.45) is 4.58. The average Bonchev–Trinajstić information content (AvgIpc) is 2.47. The van der Waals surface area contributed by atoms with Crippen LogP contribution in [0.5, 0.6) is 0 Å². The van der Waals surface area contributed by atoms with Crippen LogP contribution in [0.3, 0.4) is 0 Å². The van der Waals surface area contributed by atoms with Gasteiger partial charge in [0.15, 0.2) is 0 Å². The van der Waals surface area contributed by atoms with Gasteiger partial charge < -0.3 is 4.74 Å². The summed E-state index contributed by atoms with van der Waals surface area (Å²) in [5, 5.41) is 0.433. The molecule has 0 aliphatic heterocycles. The molecule has 1 aromatic carbocycles. The Morgan fingerprint density at radius 2 is 1.95 bits per heavy atom. The van der Waals surface area contributed by atoms with Crippen molar-refractivity contribution >= 4 is 17.7 Å². The van der Waals surface area contributed by atoms with Crippen molar-refractivity contribution in [2.45, 2.75) is 35.8 Å². The van der Waals surface area contributed by atoms with Crippen LogP contribution in [0.25, 0.3) is 0 Å². The van der Waals surface area contributed by atoms with E-state index in [1.807, 2.05) is 17.8 Å². The highest BCUT2D eigenvalue weighted by Gasteiger charge is 2.31. The van der Waals surface area contributed by atoms with E-state index in [0.29, 0.717) is 10.8 Å². The van der Waals surface area contributed by atoms with Crippen LogP contribution in [0.15, 0.2) is 47.4 Å². The van der Waals surface area contributed by atoms with Gasteiger partial charge in [-0.05, 0) is 25.0 Å². The molecule has 1 saturated carbocycles. The lowest BCUT2D eigenvalue weighted by molar-refractivity contribution is -0.136. The number of methoxy groups -OCH3 is 1. The zero-order chi connectivity index (χ0) is 13.7. The Labute approximate surface area is 119 Å². The van der Waals surface area contributed by atoms with Gasteiger partial charge in [-0.1, -0.05) is 37.6 Å². The minimum absolute atomic E-state index is 0.242. The van der Waals surface area contributed by atoms with E-state index in [4.69, 9.17) is 4.74 Å². The van der Waals surface area contributed by atoms with E-state index >= 15 is 0 Å². The molecule has 19 heavy (non-hydrogen) atoms. The van der Waals surface area contributed by atoms with Crippen LogP contribution in [0, 0.1) is 5.92 Å². The predicted molar refractivity (Wildman–Crippen MR) is 79.2 cm³/mol. The van der Waals surface area contributed by atoms with Gasteiger partial charge in [-0.25, -0.2) is 4.79 Å². The van der Waals surface area contributed by atoms with E-state index in [-0.39, 0.29) is 11.9 Å². The Morgan fingerprint density at radius 1 is 1.26 bits per heavy atom. The molecule has 0 unspecified atom stereocenters. The maximum atomic E-state index is 11.7. The molecule has 0 heterocycles. The highest BCUT2D eigenvalue weighted by atomic mass is 32.2. The monoisotopic (exact) mass is 276 g/mol. The molecule has 1 fully saturated rings.